The Morgan fingerprint density at radius 1 is 1.69 bits per heavy atom. The lowest BCUT2D eigenvalue weighted by Gasteiger charge is -2.06. The van der Waals surface area contributed by atoms with Gasteiger partial charge in [0.1, 0.15) is 17.4 Å². The molecule has 0 amide bonds. The molecular weight excluding hydrogens is 174 g/mol. The van der Waals surface area contributed by atoms with Crippen LogP contribution in [-0.4, -0.2) is 27.4 Å². The molecule has 1 unspecified atom stereocenters. The zero-order chi connectivity index (χ0) is 9.84. The zero-order valence-electron chi connectivity index (χ0n) is 7.44. The van der Waals surface area contributed by atoms with Crippen LogP contribution in [0.3, 0.4) is 0 Å². The van der Waals surface area contributed by atoms with E-state index >= 15 is 0 Å². The lowest BCUT2D eigenvalue weighted by molar-refractivity contribution is -0.139. The summed E-state index contributed by atoms with van der Waals surface area (Å²) >= 11 is 0. The van der Waals surface area contributed by atoms with Gasteiger partial charge >= 0.3 is 5.97 Å². The van der Waals surface area contributed by atoms with Gasteiger partial charge in [0.15, 0.2) is 0 Å². The second-order valence-corrected chi connectivity index (χ2v) is 2.74. The van der Waals surface area contributed by atoms with E-state index in [0.29, 0.717) is 17.9 Å². The summed E-state index contributed by atoms with van der Waals surface area (Å²) in [6, 6.07) is -0.601. The van der Waals surface area contributed by atoms with Gasteiger partial charge in [0.2, 0.25) is 0 Å². The normalized spacial score (nSPS) is 12.8. The SMILES string of the molecule is Cc1nonc1CNC(C)C(=O)O. The van der Waals surface area contributed by atoms with Gasteiger partial charge in [0.05, 0.1) is 0 Å². The lowest BCUT2D eigenvalue weighted by Crippen LogP contribution is -2.33. The highest BCUT2D eigenvalue weighted by Crippen LogP contribution is 1.99. The molecule has 6 nitrogen and oxygen atoms in total. The van der Waals surface area contributed by atoms with Crippen LogP contribution < -0.4 is 5.32 Å². The standard InChI is InChI=1S/C7H11N3O3/c1-4-6(10-13-9-4)3-8-5(2)7(11)12/h5,8H,3H2,1-2H3,(H,11,12). The molecule has 0 aliphatic carbocycles. The molecule has 13 heavy (non-hydrogen) atoms. The number of rotatable bonds is 4. The molecule has 6 heteroatoms. The highest BCUT2D eigenvalue weighted by atomic mass is 16.6. The minimum Gasteiger partial charge on any atom is -0.480 e. The predicted molar refractivity (Wildman–Crippen MR) is 43.0 cm³/mol. The third kappa shape index (κ3) is 2.51. The number of carboxylic acid groups (broad SMARTS) is 1. The Hall–Kier alpha value is -1.43. The third-order valence-electron chi connectivity index (χ3n) is 1.69. The summed E-state index contributed by atoms with van der Waals surface area (Å²) in [6.07, 6.45) is 0. The topological polar surface area (TPSA) is 88.3 Å². The molecule has 1 aromatic heterocycles. The summed E-state index contributed by atoms with van der Waals surface area (Å²) in [5.41, 5.74) is 1.30. The molecule has 1 atom stereocenters. The van der Waals surface area contributed by atoms with Crippen LogP contribution in [0, 0.1) is 6.92 Å². The van der Waals surface area contributed by atoms with Crippen LogP contribution in [-0.2, 0) is 11.3 Å². The first-order valence-corrected chi connectivity index (χ1v) is 3.85. The van der Waals surface area contributed by atoms with Gasteiger partial charge in [-0.25, -0.2) is 4.63 Å². The number of aryl methyl sites for hydroxylation is 1. The Labute approximate surface area is 74.9 Å². The second kappa shape index (κ2) is 3.99. The fraction of sp³-hybridized carbons (Fsp3) is 0.571. The van der Waals surface area contributed by atoms with Crippen molar-refractivity contribution in [1.82, 2.24) is 15.6 Å². The van der Waals surface area contributed by atoms with Gasteiger partial charge < -0.3 is 5.11 Å². The highest BCUT2D eigenvalue weighted by molar-refractivity contribution is 5.72. The maximum absolute atomic E-state index is 10.4. The van der Waals surface area contributed by atoms with Crippen LogP contribution in [0.25, 0.3) is 0 Å². The van der Waals surface area contributed by atoms with E-state index in [0.717, 1.165) is 0 Å². The first-order valence-electron chi connectivity index (χ1n) is 3.85. The molecule has 0 aliphatic rings. The number of nitrogens with one attached hydrogen (secondary N) is 1. The van der Waals surface area contributed by atoms with Crippen molar-refractivity contribution in [2.75, 3.05) is 0 Å². The molecule has 0 aliphatic heterocycles. The zero-order valence-corrected chi connectivity index (χ0v) is 7.44. The number of carbonyl (C=O) groups is 1. The quantitative estimate of drug-likeness (QED) is 0.683. The largest absolute Gasteiger partial charge is 0.480 e. The lowest BCUT2D eigenvalue weighted by atomic mass is 10.3. The van der Waals surface area contributed by atoms with Crippen molar-refractivity contribution in [3.63, 3.8) is 0 Å². The molecule has 1 rings (SSSR count). The smallest absolute Gasteiger partial charge is 0.320 e. The average Bonchev–Trinajstić information content (AvgIpc) is 2.47. The van der Waals surface area contributed by atoms with Crippen LogP contribution in [0.2, 0.25) is 0 Å². The van der Waals surface area contributed by atoms with Crippen LogP contribution in [0.1, 0.15) is 18.3 Å². The van der Waals surface area contributed by atoms with E-state index in [1.807, 2.05) is 0 Å². The van der Waals surface area contributed by atoms with Crippen LogP contribution in [0.4, 0.5) is 0 Å². The first-order chi connectivity index (χ1) is 6.11. The molecule has 0 spiro atoms. The highest BCUT2D eigenvalue weighted by Gasteiger charge is 2.11. The predicted octanol–water partition coefficient (Wildman–Crippen LogP) is -0.0593. The molecule has 0 fully saturated rings. The van der Waals surface area contributed by atoms with E-state index in [1.54, 1.807) is 13.8 Å². The molecule has 72 valence electrons. The summed E-state index contributed by atoms with van der Waals surface area (Å²) in [5.74, 6) is -0.894. The van der Waals surface area contributed by atoms with E-state index < -0.39 is 12.0 Å². The van der Waals surface area contributed by atoms with E-state index in [9.17, 15) is 4.79 Å². The fourth-order valence-electron chi connectivity index (χ4n) is 0.747. The van der Waals surface area contributed by atoms with Gasteiger partial charge in [0, 0.05) is 6.54 Å². The van der Waals surface area contributed by atoms with E-state index in [1.165, 1.54) is 0 Å². The summed E-state index contributed by atoms with van der Waals surface area (Å²) < 4.78 is 4.45. The van der Waals surface area contributed by atoms with Gasteiger partial charge in [-0.05, 0) is 13.8 Å². The first kappa shape index (κ1) is 9.66. The molecule has 0 saturated heterocycles. The van der Waals surface area contributed by atoms with Gasteiger partial charge in [-0.3, -0.25) is 10.1 Å². The fourth-order valence-corrected chi connectivity index (χ4v) is 0.747. The van der Waals surface area contributed by atoms with Crippen molar-refractivity contribution in [2.45, 2.75) is 26.4 Å². The summed E-state index contributed by atoms with van der Waals surface area (Å²) in [6.45, 7) is 3.66. The van der Waals surface area contributed by atoms with Crippen LogP contribution in [0.5, 0.6) is 0 Å². The van der Waals surface area contributed by atoms with Crippen LogP contribution >= 0.6 is 0 Å². The second-order valence-electron chi connectivity index (χ2n) is 2.74. The Balaban J connectivity index is 2.44. The summed E-state index contributed by atoms with van der Waals surface area (Å²) in [7, 11) is 0. The maximum Gasteiger partial charge on any atom is 0.320 e. The molecule has 0 aromatic carbocycles. The van der Waals surface area contributed by atoms with Crippen molar-refractivity contribution >= 4 is 5.97 Å². The van der Waals surface area contributed by atoms with Gasteiger partial charge in [0.25, 0.3) is 0 Å². The van der Waals surface area contributed by atoms with Crippen molar-refractivity contribution in [2.24, 2.45) is 0 Å². The van der Waals surface area contributed by atoms with Crippen molar-refractivity contribution in [1.29, 1.82) is 0 Å². The molecule has 1 heterocycles. The number of aromatic nitrogens is 2. The Bertz CT molecular complexity index is 297. The van der Waals surface area contributed by atoms with Gasteiger partial charge in [-0.2, -0.15) is 0 Å². The molecule has 0 radical (unpaired) electrons. The molecular formula is C7H11N3O3. The van der Waals surface area contributed by atoms with E-state index in [-0.39, 0.29) is 0 Å². The van der Waals surface area contributed by atoms with Crippen molar-refractivity contribution in [3.8, 4) is 0 Å². The Morgan fingerprint density at radius 2 is 2.38 bits per heavy atom. The number of carboxylic acids is 1. The van der Waals surface area contributed by atoms with Gasteiger partial charge in [-0.1, -0.05) is 10.3 Å². The Morgan fingerprint density at radius 3 is 2.85 bits per heavy atom. The third-order valence-corrected chi connectivity index (χ3v) is 1.69. The summed E-state index contributed by atoms with van der Waals surface area (Å²) in [4.78, 5) is 10.4. The molecule has 0 saturated carbocycles. The minimum atomic E-state index is -0.894. The number of hydrogen-bond donors (Lipinski definition) is 2. The molecule has 0 bridgehead atoms. The average molecular weight is 185 g/mol. The van der Waals surface area contributed by atoms with Gasteiger partial charge in [-0.15, -0.1) is 0 Å². The number of hydrogen-bond acceptors (Lipinski definition) is 5. The minimum absolute atomic E-state index is 0.350. The molecule has 2 N–H and O–H groups in total. The maximum atomic E-state index is 10.4. The van der Waals surface area contributed by atoms with Crippen molar-refractivity contribution < 1.29 is 14.5 Å². The van der Waals surface area contributed by atoms with E-state index in [2.05, 4.69) is 20.3 Å². The molecule has 1 aromatic rings. The van der Waals surface area contributed by atoms with Crippen LogP contribution in [0.15, 0.2) is 4.63 Å². The van der Waals surface area contributed by atoms with Crippen molar-refractivity contribution in [3.05, 3.63) is 11.4 Å². The number of nitrogens with zero attached hydrogens (tertiary/aromatic N) is 2. The summed E-state index contributed by atoms with van der Waals surface area (Å²) in [5, 5.41) is 18.5. The Kier molecular flexibility index (Phi) is 2.97. The monoisotopic (exact) mass is 185 g/mol. The van der Waals surface area contributed by atoms with E-state index in [4.69, 9.17) is 5.11 Å². The number of aliphatic carboxylic acids is 1.